The lowest BCUT2D eigenvalue weighted by molar-refractivity contribution is 0.600. The summed E-state index contributed by atoms with van der Waals surface area (Å²) in [5, 5.41) is 0. The molecule has 0 aromatic heterocycles. The molecule has 0 amide bonds. The number of nitrogen functional groups attached to an aromatic ring is 1. The Morgan fingerprint density at radius 3 is 2.10 bits per heavy atom. The van der Waals surface area contributed by atoms with Gasteiger partial charge in [0.25, 0.3) is 10.0 Å². The normalized spacial score (nSPS) is 11.3. The van der Waals surface area contributed by atoms with Gasteiger partial charge < -0.3 is 5.73 Å². The molecule has 0 bridgehead atoms. The highest BCUT2D eigenvalue weighted by Crippen LogP contribution is 2.33. The molecular weight excluding hydrogens is 476 g/mol. The van der Waals surface area contributed by atoms with Crippen molar-refractivity contribution < 1.29 is 8.42 Å². The van der Waals surface area contributed by atoms with Crippen LogP contribution in [0.25, 0.3) is 0 Å². The van der Waals surface area contributed by atoms with Crippen molar-refractivity contribution in [3.8, 4) is 0 Å². The van der Waals surface area contributed by atoms with E-state index in [9.17, 15) is 8.42 Å². The molecule has 20 heavy (non-hydrogen) atoms. The van der Waals surface area contributed by atoms with E-state index in [1.165, 1.54) is 12.1 Å². The first-order valence-corrected chi connectivity index (χ1v) is 9.19. The number of nitrogens with two attached hydrogens (primary N) is 1. The van der Waals surface area contributed by atoms with Crippen LogP contribution in [0.15, 0.2) is 54.7 Å². The second-order valence-electron chi connectivity index (χ2n) is 3.89. The van der Waals surface area contributed by atoms with E-state index in [2.05, 4.69) is 52.5 Å². The van der Waals surface area contributed by atoms with Gasteiger partial charge in [0.15, 0.2) is 0 Å². The summed E-state index contributed by atoms with van der Waals surface area (Å²) in [6, 6.07) is 9.83. The molecular formula is C12H9Br3N2O2S. The molecule has 0 aliphatic heterocycles. The smallest absolute Gasteiger partial charge is 0.263 e. The molecule has 0 atom stereocenters. The molecule has 0 radical (unpaired) electrons. The summed E-state index contributed by atoms with van der Waals surface area (Å²) in [5.41, 5.74) is 6.54. The molecule has 0 saturated heterocycles. The number of halogens is 3. The number of hydrogen-bond donors (Lipinski definition) is 2. The van der Waals surface area contributed by atoms with Crippen molar-refractivity contribution in [3.05, 3.63) is 49.8 Å². The largest absolute Gasteiger partial charge is 0.399 e. The van der Waals surface area contributed by atoms with Gasteiger partial charge in [-0.05, 0) is 78.1 Å². The zero-order valence-electron chi connectivity index (χ0n) is 9.90. The van der Waals surface area contributed by atoms with Gasteiger partial charge in [0, 0.05) is 19.1 Å². The first kappa shape index (κ1) is 15.8. The fraction of sp³-hybridized carbons (Fsp3) is 0. The summed E-state index contributed by atoms with van der Waals surface area (Å²) in [5.74, 6) is 0. The van der Waals surface area contributed by atoms with Gasteiger partial charge in [-0.25, -0.2) is 8.42 Å². The first-order valence-electron chi connectivity index (χ1n) is 5.33. The van der Waals surface area contributed by atoms with E-state index in [4.69, 9.17) is 5.73 Å². The Bertz CT molecular complexity index is 743. The van der Waals surface area contributed by atoms with Gasteiger partial charge in [-0.2, -0.15) is 0 Å². The molecule has 0 spiro atoms. The van der Waals surface area contributed by atoms with Crippen LogP contribution in [0.1, 0.15) is 0 Å². The summed E-state index contributed by atoms with van der Waals surface area (Å²) in [6.45, 7) is 0. The molecule has 4 nitrogen and oxygen atoms in total. The number of sulfonamides is 1. The summed E-state index contributed by atoms with van der Waals surface area (Å²) >= 11 is 9.84. The molecule has 0 aliphatic rings. The minimum atomic E-state index is -3.72. The molecule has 0 unspecified atom stereocenters. The average Bonchev–Trinajstić information content (AvgIpc) is 2.33. The molecule has 0 saturated carbocycles. The maximum atomic E-state index is 12.4. The lowest BCUT2D eigenvalue weighted by Gasteiger charge is -2.12. The maximum absolute atomic E-state index is 12.4. The Hall–Kier alpha value is -0.570. The van der Waals surface area contributed by atoms with E-state index in [0.717, 1.165) is 0 Å². The van der Waals surface area contributed by atoms with Crippen molar-refractivity contribution in [1.82, 2.24) is 0 Å². The lowest BCUT2D eigenvalue weighted by atomic mass is 10.3. The molecule has 0 aliphatic carbocycles. The highest BCUT2D eigenvalue weighted by Gasteiger charge is 2.20. The Morgan fingerprint density at radius 1 is 0.950 bits per heavy atom. The average molecular weight is 485 g/mol. The second-order valence-corrected chi connectivity index (χ2v) is 8.11. The number of anilines is 2. The Kier molecular flexibility index (Phi) is 4.78. The zero-order valence-corrected chi connectivity index (χ0v) is 15.5. The predicted molar refractivity (Wildman–Crippen MR) is 91.2 cm³/mol. The van der Waals surface area contributed by atoms with Crippen molar-refractivity contribution in [2.24, 2.45) is 0 Å². The van der Waals surface area contributed by atoms with E-state index >= 15 is 0 Å². The van der Waals surface area contributed by atoms with Gasteiger partial charge >= 0.3 is 0 Å². The monoisotopic (exact) mass is 482 g/mol. The quantitative estimate of drug-likeness (QED) is 0.636. The molecule has 0 heterocycles. The minimum absolute atomic E-state index is 0.120. The van der Waals surface area contributed by atoms with Crippen LogP contribution in [0.3, 0.4) is 0 Å². The summed E-state index contributed by atoms with van der Waals surface area (Å²) in [4.78, 5) is 0.120. The molecule has 3 N–H and O–H groups in total. The third-order valence-corrected chi connectivity index (χ3v) is 6.09. The van der Waals surface area contributed by atoms with Crippen LogP contribution in [-0.2, 0) is 10.0 Å². The Morgan fingerprint density at radius 2 is 1.55 bits per heavy atom. The van der Waals surface area contributed by atoms with Crippen LogP contribution in [0.5, 0.6) is 0 Å². The van der Waals surface area contributed by atoms with Crippen LogP contribution in [0, 0.1) is 0 Å². The SMILES string of the molecule is Nc1ccc(S(=O)(=O)Nc2c(Br)cccc2Br)c(Br)c1. The van der Waals surface area contributed by atoms with Gasteiger partial charge in [-0.15, -0.1) is 0 Å². The van der Waals surface area contributed by atoms with Gasteiger partial charge in [0.1, 0.15) is 4.90 Å². The lowest BCUT2D eigenvalue weighted by Crippen LogP contribution is -2.14. The van der Waals surface area contributed by atoms with Gasteiger partial charge in [-0.3, -0.25) is 4.72 Å². The summed E-state index contributed by atoms with van der Waals surface area (Å²) in [7, 11) is -3.72. The van der Waals surface area contributed by atoms with Gasteiger partial charge in [0.2, 0.25) is 0 Å². The summed E-state index contributed by atoms with van der Waals surface area (Å²) < 4.78 is 29.1. The van der Waals surface area contributed by atoms with Crippen molar-refractivity contribution in [1.29, 1.82) is 0 Å². The van der Waals surface area contributed by atoms with Crippen LogP contribution >= 0.6 is 47.8 Å². The standard InChI is InChI=1S/C12H9Br3N2O2S/c13-8-2-1-3-9(14)12(8)17-20(18,19)11-5-4-7(16)6-10(11)15/h1-6,17H,16H2. The third-order valence-electron chi connectivity index (χ3n) is 2.44. The van der Waals surface area contributed by atoms with Crippen LogP contribution in [0.2, 0.25) is 0 Å². The van der Waals surface area contributed by atoms with Crippen molar-refractivity contribution in [3.63, 3.8) is 0 Å². The zero-order chi connectivity index (χ0) is 14.9. The molecule has 2 rings (SSSR count). The topological polar surface area (TPSA) is 72.2 Å². The first-order chi connectivity index (χ1) is 9.31. The van der Waals surface area contributed by atoms with E-state index in [1.54, 1.807) is 24.3 Å². The second kappa shape index (κ2) is 6.05. The fourth-order valence-electron chi connectivity index (χ4n) is 1.52. The highest BCUT2D eigenvalue weighted by molar-refractivity contribution is 9.11. The number of benzene rings is 2. The maximum Gasteiger partial charge on any atom is 0.263 e. The number of para-hydroxylation sites is 1. The molecule has 0 fully saturated rings. The van der Waals surface area contributed by atoms with Crippen LogP contribution in [-0.4, -0.2) is 8.42 Å². The Balaban J connectivity index is 2.46. The van der Waals surface area contributed by atoms with Gasteiger partial charge in [-0.1, -0.05) is 6.07 Å². The Labute approximate surface area is 142 Å². The van der Waals surface area contributed by atoms with Gasteiger partial charge in [0.05, 0.1) is 5.69 Å². The van der Waals surface area contributed by atoms with Crippen molar-refractivity contribution in [2.45, 2.75) is 4.90 Å². The minimum Gasteiger partial charge on any atom is -0.399 e. The number of rotatable bonds is 3. The third kappa shape index (κ3) is 3.36. The predicted octanol–water partition coefficient (Wildman–Crippen LogP) is 4.36. The molecule has 2 aromatic rings. The van der Waals surface area contributed by atoms with Crippen molar-refractivity contribution in [2.75, 3.05) is 10.5 Å². The van der Waals surface area contributed by atoms with E-state index in [0.29, 0.717) is 24.8 Å². The highest BCUT2D eigenvalue weighted by atomic mass is 79.9. The number of nitrogens with one attached hydrogen (secondary N) is 1. The van der Waals surface area contributed by atoms with Crippen molar-refractivity contribution >= 4 is 69.2 Å². The van der Waals surface area contributed by atoms with E-state index in [1.807, 2.05) is 0 Å². The molecule has 8 heteroatoms. The van der Waals surface area contributed by atoms with Crippen LogP contribution < -0.4 is 10.5 Å². The molecule has 106 valence electrons. The van der Waals surface area contributed by atoms with Crippen LogP contribution in [0.4, 0.5) is 11.4 Å². The number of hydrogen-bond acceptors (Lipinski definition) is 3. The van der Waals surface area contributed by atoms with E-state index in [-0.39, 0.29) is 4.90 Å². The van der Waals surface area contributed by atoms with E-state index < -0.39 is 10.0 Å². The summed E-state index contributed by atoms with van der Waals surface area (Å²) in [6.07, 6.45) is 0. The fourth-order valence-corrected chi connectivity index (χ4v) is 5.18. The molecule has 2 aromatic carbocycles.